The number of nitrogens with zero attached hydrogens (tertiary/aromatic N) is 1. The zero-order chi connectivity index (χ0) is 21.6. The Hall–Kier alpha value is -2.80. The first-order valence-electron chi connectivity index (χ1n) is 9.55. The van der Waals surface area contributed by atoms with Crippen LogP contribution in [0.5, 0.6) is 11.5 Å². The molecule has 0 bridgehead atoms. The molecule has 0 radical (unpaired) electrons. The molecule has 0 atom stereocenters. The van der Waals surface area contributed by atoms with Crippen LogP contribution in [0, 0.1) is 0 Å². The topological polar surface area (TPSA) is 38.8 Å². The molecular formula is C24H18ClNO3S2. The highest BCUT2D eigenvalue weighted by Crippen LogP contribution is 2.36. The van der Waals surface area contributed by atoms with Crippen molar-refractivity contribution in [2.24, 2.45) is 0 Å². The second-order valence-corrected chi connectivity index (χ2v) is 8.64. The number of para-hydroxylation sites is 2. The van der Waals surface area contributed by atoms with Gasteiger partial charge in [0.1, 0.15) is 24.7 Å². The lowest BCUT2D eigenvalue weighted by atomic mass is 10.2. The number of amides is 1. The lowest BCUT2D eigenvalue weighted by Gasteiger charge is -2.13. The van der Waals surface area contributed by atoms with Gasteiger partial charge in [-0.25, -0.2) is 0 Å². The Morgan fingerprint density at radius 1 is 0.935 bits per heavy atom. The second kappa shape index (κ2) is 10.0. The van der Waals surface area contributed by atoms with Crippen LogP contribution in [-0.4, -0.2) is 23.4 Å². The van der Waals surface area contributed by atoms with Gasteiger partial charge in [-0.05, 0) is 48.0 Å². The molecule has 31 heavy (non-hydrogen) atoms. The van der Waals surface area contributed by atoms with Gasteiger partial charge in [-0.2, -0.15) is 0 Å². The van der Waals surface area contributed by atoms with Crippen LogP contribution in [0.1, 0.15) is 5.56 Å². The lowest BCUT2D eigenvalue weighted by molar-refractivity contribution is -0.113. The Bertz CT molecular complexity index is 1130. The second-order valence-electron chi connectivity index (χ2n) is 6.55. The maximum Gasteiger partial charge on any atom is 0.270 e. The number of carbonyl (C=O) groups is 1. The van der Waals surface area contributed by atoms with E-state index >= 15 is 0 Å². The highest BCUT2D eigenvalue weighted by atomic mass is 35.5. The number of halogens is 1. The number of rotatable bonds is 7. The molecule has 0 saturated carbocycles. The summed E-state index contributed by atoms with van der Waals surface area (Å²) in [5, 5.41) is 0.567. The molecule has 0 spiro atoms. The number of thioether (sulfide) groups is 1. The van der Waals surface area contributed by atoms with Crippen molar-refractivity contribution < 1.29 is 14.3 Å². The molecule has 3 aromatic carbocycles. The van der Waals surface area contributed by atoms with Crippen LogP contribution in [0.2, 0.25) is 5.02 Å². The Balaban J connectivity index is 1.39. The summed E-state index contributed by atoms with van der Waals surface area (Å²) in [6, 6.07) is 24.3. The highest BCUT2D eigenvalue weighted by molar-refractivity contribution is 8.27. The first-order chi connectivity index (χ1) is 15.1. The van der Waals surface area contributed by atoms with E-state index in [2.05, 4.69) is 0 Å². The highest BCUT2D eigenvalue weighted by Gasteiger charge is 2.33. The molecule has 3 aromatic rings. The SMILES string of the molecule is O=C1C(=Cc2cccc(OCCOc3ccccc3Cl)c2)SC(=S)N1c1ccccc1. The number of hydrogen-bond donors (Lipinski definition) is 0. The largest absolute Gasteiger partial charge is 0.490 e. The van der Waals surface area contributed by atoms with E-state index in [0.717, 1.165) is 11.3 Å². The number of thiocarbonyl (C=S) groups is 1. The van der Waals surface area contributed by atoms with E-state index in [1.54, 1.807) is 11.0 Å². The maximum atomic E-state index is 12.9. The van der Waals surface area contributed by atoms with Crippen LogP contribution in [0.3, 0.4) is 0 Å². The fourth-order valence-electron chi connectivity index (χ4n) is 2.99. The summed E-state index contributed by atoms with van der Waals surface area (Å²) >= 11 is 12.8. The number of benzene rings is 3. The average Bonchev–Trinajstić information content (AvgIpc) is 3.06. The van der Waals surface area contributed by atoms with E-state index in [1.807, 2.05) is 78.9 Å². The van der Waals surface area contributed by atoms with Crippen molar-refractivity contribution in [1.82, 2.24) is 0 Å². The van der Waals surface area contributed by atoms with E-state index in [1.165, 1.54) is 11.8 Å². The van der Waals surface area contributed by atoms with Crippen molar-refractivity contribution in [3.63, 3.8) is 0 Å². The number of ether oxygens (including phenoxy) is 2. The number of anilines is 1. The van der Waals surface area contributed by atoms with Gasteiger partial charge >= 0.3 is 0 Å². The molecule has 4 nitrogen and oxygen atoms in total. The molecule has 1 saturated heterocycles. The van der Waals surface area contributed by atoms with Crippen molar-refractivity contribution in [3.8, 4) is 11.5 Å². The van der Waals surface area contributed by atoms with Gasteiger partial charge in [0.05, 0.1) is 15.6 Å². The standard InChI is InChI=1S/C24H18ClNO3S2/c25-20-11-4-5-12-21(20)29-14-13-28-19-10-6-7-17(15-19)16-22-23(27)26(24(30)31-22)18-8-2-1-3-9-18/h1-12,15-16H,13-14H2. The molecule has 0 unspecified atom stereocenters. The minimum atomic E-state index is -0.124. The number of hydrogen-bond acceptors (Lipinski definition) is 5. The molecule has 1 aliphatic rings. The third kappa shape index (κ3) is 5.28. The van der Waals surface area contributed by atoms with E-state index < -0.39 is 0 Å². The minimum absolute atomic E-state index is 0.124. The predicted octanol–water partition coefficient (Wildman–Crippen LogP) is 6.20. The van der Waals surface area contributed by atoms with E-state index in [4.69, 9.17) is 33.3 Å². The summed E-state index contributed by atoms with van der Waals surface area (Å²) in [6.07, 6.45) is 1.83. The summed E-state index contributed by atoms with van der Waals surface area (Å²) in [6.45, 7) is 0.731. The van der Waals surface area contributed by atoms with Crippen LogP contribution in [0.4, 0.5) is 5.69 Å². The summed E-state index contributed by atoms with van der Waals surface area (Å²) in [5.41, 5.74) is 1.63. The molecule has 1 amide bonds. The first kappa shape index (κ1) is 21.4. The molecule has 7 heteroatoms. The Morgan fingerprint density at radius 2 is 1.68 bits per heavy atom. The Morgan fingerprint density at radius 3 is 2.48 bits per heavy atom. The van der Waals surface area contributed by atoms with Crippen LogP contribution < -0.4 is 14.4 Å². The minimum Gasteiger partial charge on any atom is -0.490 e. The fraction of sp³-hybridized carbons (Fsp3) is 0.0833. The fourth-order valence-corrected chi connectivity index (χ4v) is 4.48. The van der Waals surface area contributed by atoms with Crippen LogP contribution in [0.15, 0.2) is 83.8 Å². The van der Waals surface area contributed by atoms with Crippen molar-refractivity contribution in [3.05, 3.63) is 94.4 Å². The molecule has 1 fully saturated rings. The molecule has 0 aromatic heterocycles. The molecule has 0 aliphatic carbocycles. The molecule has 4 rings (SSSR count). The first-order valence-corrected chi connectivity index (χ1v) is 11.2. The van der Waals surface area contributed by atoms with Gasteiger partial charge in [-0.1, -0.05) is 78.0 Å². The van der Waals surface area contributed by atoms with E-state index in [9.17, 15) is 4.79 Å². The van der Waals surface area contributed by atoms with Gasteiger partial charge in [0.15, 0.2) is 4.32 Å². The van der Waals surface area contributed by atoms with Gasteiger partial charge in [0, 0.05) is 0 Å². The van der Waals surface area contributed by atoms with E-state index in [0.29, 0.717) is 39.0 Å². The average molecular weight is 468 g/mol. The van der Waals surface area contributed by atoms with Gasteiger partial charge in [-0.3, -0.25) is 9.69 Å². The third-order valence-corrected chi connectivity index (χ3v) is 6.02. The van der Waals surface area contributed by atoms with Crippen LogP contribution in [0.25, 0.3) is 6.08 Å². The van der Waals surface area contributed by atoms with Crippen molar-refractivity contribution in [2.45, 2.75) is 0 Å². The summed E-state index contributed by atoms with van der Waals surface area (Å²) in [7, 11) is 0. The number of carbonyl (C=O) groups excluding carboxylic acids is 1. The zero-order valence-corrected chi connectivity index (χ0v) is 18.8. The van der Waals surface area contributed by atoms with Gasteiger partial charge < -0.3 is 9.47 Å². The summed E-state index contributed by atoms with van der Waals surface area (Å²) in [5.74, 6) is 1.19. The predicted molar refractivity (Wildman–Crippen MR) is 131 cm³/mol. The monoisotopic (exact) mass is 467 g/mol. The lowest BCUT2D eigenvalue weighted by Crippen LogP contribution is -2.27. The molecule has 1 heterocycles. The smallest absolute Gasteiger partial charge is 0.270 e. The van der Waals surface area contributed by atoms with E-state index in [-0.39, 0.29) is 5.91 Å². The van der Waals surface area contributed by atoms with Crippen molar-refractivity contribution >= 4 is 57.6 Å². The third-order valence-electron chi connectivity index (χ3n) is 4.41. The van der Waals surface area contributed by atoms with Crippen molar-refractivity contribution in [2.75, 3.05) is 18.1 Å². The Kier molecular flexibility index (Phi) is 6.92. The summed E-state index contributed by atoms with van der Waals surface area (Å²) in [4.78, 5) is 15.0. The van der Waals surface area contributed by atoms with Gasteiger partial charge in [-0.15, -0.1) is 0 Å². The maximum absolute atomic E-state index is 12.9. The molecule has 1 aliphatic heterocycles. The molecular weight excluding hydrogens is 450 g/mol. The van der Waals surface area contributed by atoms with Gasteiger partial charge in [0.2, 0.25) is 0 Å². The Labute approximate surface area is 195 Å². The normalized spacial score (nSPS) is 14.9. The molecule has 156 valence electrons. The van der Waals surface area contributed by atoms with Crippen LogP contribution >= 0.6 is 35.6 Å². The summed E-state index contributed by atoms with van der Waals surface area (Å²) < 4.78 is 11.9. The zero-order valence-electron chi connectivity index (χ0n) is 16.4. The molecule has 0 N–H and O–H groups in total. The van der Waals surface area contributed by atoms with Crippen molar-refractivity contribution in [1.29, 1.82) is 0 Å². The van der Waals surface area contributed by atoms with Crippen LogP contribution in [-0.2, 0) is 4.79 Å². The van der Waals surface area contributed by atoms with Gasteiger partial charge in [0.25, 0.3) is 5.91 Å². The quantitative estimate of drug-likeness (QED) is 0.235.